The molecule has 9 heteroatoms. The Morgan fingerprint density at radius 3 is 2.56 bits per heavy atom. The molecule has 1 heterocycles. The summed E-state index contributed by atoms with van der Waals surface area (Å²) in [6.07, 6.45) is 0.842. The van der Waals surface area contributed by atoms with Gasteiger partial charge in [0.1, 0.15) is 12.4 Å². The van der Waals surface area contributed by atoms with Crippen LogP contribution in [0, 0.1) is 6.92 Å². The average Bonchev–Trinajstić information content (AvgIpc) is 2.83. The van der Waals surface area contributed by atoms with Crippen molar-refractivity contribution in [2.45, 2.75) is 46.2 Å². The molecule has 1 amide bonds. The molecule has 9 nitrogen and oxygen atoms in total. The van der Waals surface area contributed by atoms with Gasteiger partial charge in [0.2, 0.25) is 5.91 Å². The van der Waals surface area contributed by atoms with E-state index in [1.165, 1.54) is 0 Å². The van der Waals surface area contributed by atoms with Gasteiger partial charge >= 0.3 is 0 Å². The van der Waals surface area contributed by atoms with Crippen LogP contribution in [0.1, 0.15) is 38.8 Å². The van der Waals surface area contributed by atoms with Gasteiger partial charge in [-0.15, -0.1) is 10.2 Å². The average molecular weight is 353 g/mol. The summed E-state index contributed by atoms with van der Waals surface area (Å²) < 4.78 is 6.93. The highest BCUT2D eigenvalue weighted by Gasteiger charge is 2.14. The molecule has 0 spiro atoms. The SMILES string of the molecule is COCCCNC(=NCc1nnc(C)n1C)NCC(=O)NC(C)(C)C. The number of aliphatic imine (C=N–C) groups is 1. The van der Waals surface area contributed by atoms with E-state index in [9.17, 15) is 4.79 Å². The second kappa shape index (κ2) is 9.97. The van der Waals surface area contributed by atoms with Crippen LogP contribution in [-0.2, 0) is 23.1 Å². The van der Waals surface area contributed by atoms with Gasteiger partial charge in [-0.05, 0) is 34.1 Å². The number of guanidine groups is 1. The van der Waals surface area contributed by atoms with Crippen molar-refractivity contribution in [1.29, 1.82) is 0 Å². The van der Waals surface area contributed by atoms with E-state index in [1.54, 1.807) is 7.11 Å². The summed E-state index contributed by atoms with van der Waals surface area (Å²) in [5.74, 6) is 2.06. The van der Waals surface area contributed by atoms with Crippen LogP contribution in [0.3, 0.4) is 0 Å². The first-order valence-electron chi connectivity index (χ1n) is 8.40. The Hall–Kier alpha value is -2.16. The Bertz CT molecular complexity index is 576. The van der Waals surface area contributed by atoms with E-state index >= 15 is 0 Å². The Morgan fingerprint density at radius 1 is 1.28 bits per heavy atom. The van der Waals surface area contributed by atoms with Gasteiger partial charge in [0, 0.05) is 32.8 Å². The van der Waals surface area contributed by atoms with Crippen LogP contribution in [0.2, 0.25) is 0 Å². The Labute approximate surface area is 149 Å². The standard InChI is InChI=1S/C16H31N7O2/c1-12-21-22-13(23(12)5)10-18-15(17-8-7-9-25-6)19-11-14(24)20-16(2,3)4/h7-11H2,1-6H3,(H,20,24)(H2,17,18,19). The number of aromatic nitrogens is 3. The molecule has 142 valence electrons. The first kappa shape index (κ1) is 20.9. The maximum absolute atomic E-state index is 12.0. The number of rotatable bonds is 8. The van der Waals surface area contributed by atoms with Crippen LogP contribution in [0.5, 0.6) is 0 Å². The first-order valence-corrected chi connectivity index (χ1v) is 8.40. The Kier molecular flexibility index (Phi) is 8.33. The van der Waals surface area contributed by atoms with Crippen molar-refractivity contribution >= 4 is 11.9 Å². The second-order valence-corrected chi connectivity index (χ2v) is 6.81. The zero-order valence-corrected chi connectivity index (χ0v) is 16.1. The third-order valence-electron chi connectivity index (χ3n) is 3.31. The molecule has 3 N–H and O–H groups in total. The van der Waals surface area contributed by atoms with E-state index in [4.69, 9.17) is 4.74 Å². The molecule has 0 aliphatic heterocycles. The number of ether oxygens (including phenoxy) is 1. The summed E-state index contributed by atoms with van der Waals surface area (Å²) in [7, 11) is 3.57. The number of nitrogens with one attached hydrogen (secondary N) is 3. The largest absolute Gasteiger partial charge is 0.385 e. The summed E-state index contributed by atoms with van der Waals surface area (Å²) in [5, 5.41) is 17.3. The quantitative estimate of drug-likeness (QED) is 0.348. The summed E-state index contributed by atoms with van der Waals surface area (Å²) in [6, 6.07) is 0. The molecule has 25 heavy (non-hydrogen) atoms. The smallest absolute Gasteiger partial charge is 0.239 e. The second-order valence-electron chi connectivity index (χ2n) is 6.81. The molecule has 0 fully saturated rings. The molecular formula is C16H31N7O2. The lowest BCUT2D eigenvalue weighted by Crippen LogP contribution is -2.48. The highest BCUT2D eigenvalue weighted by atomic mass is 16.5. The van der Waals surface area contributed by atoms with Crippen molar-refractivity contribution in [3.05, 3.63) is 11.6 Å². The maximum atomic E-state index is 12.0. The molecule has 0 unspecified atom stereocenters. The maximum Gasteiger partial charge on any atom is 0.239 e. The van der Waals surface area contributed by atoms with Gasteiger partial charge in [-0.3, -0.25) is 4.79 Å². The number of nitrogens with zero attached hydrogens (tertiary/aromatic N) is 4. The van der Waals surface area contributed by atoms with Crippen LogP contribution < -0.4 is 16.0 Å². The fourth-order valence-electron chi connectivity index (χ4n) is 1.96. The van der Waals surface area contributed by atoms with Crippen LogP contribution in [0.25, 0.3) is 0 Å². The van der Waals surface area contributed by atoms with Gasteiger partial charge in [0.05, 0.1) is 6.54 Å². The predicted octanol–water partition coefficient (Wildman–Crippen LogP) is 0.110. The lowest BCUT2D eigenvalue weighted by atomic mass is 10.1. The Balaban J connectivity index is 2.63. The molecule has 0 atom stereocenters. The molecule has 1 aromatic rings. The van der Waals surface area contributed by atoms with Gasteiger partial charge in [0.25, 0.3) is 0 Å². The summed E-state index contributed by atoms with van der Waals surface area (Å²) in [4.78, 5) is 16.5. The van der Waals surface area contributed by atoms with E-state index < -0.39 is 0 Å². The predicted molar refractivity (Wildman–Crippen MR) is 97.3 cm³/mol. The molecule has 1 aromatic heterocycles. The third-order valence-corrected chi connectivity index (χ3v) is 3.31. The number of hydrogen-bond donors (Lipinski definition) is 3. The normalized spacial score (nSPS) is 12.2. The first-order chi connectivity index (χ1) is 11.7. The molecule has 0 saturated heterocycles. The van der Waals surface area contributed by atoms with Crippen molar-refractivity contribution in [2.75, 3.05) is 26.8 Å². The minimum absolute atomic E-state index is 0.0894. The van der Waals surface area contributed by atoms with Gasteiger partial charge < -0.3 is 25.3 Å². The summed E-state index contributed by atoms with van der Waals surface area (Å²) >= 11 is 0. The van der Waals surface area contributed by atoms with Crippen molar-refractivity contribution in [1.82, 2.24) is 30.7 Å². The van der Waals surface area contributed by atoms with Gasteiger partial charge in [-0.2, -0.15) is 0 Å². The fourth-order valence-corrected chi connectivity index (χ4v) is 1.96. The van der Waals surface area contributed by atoms with E-state index in [1.807, 2.05) is 39.3 Å². The molecule has 1 rings (SSSR count). The molecule has 0 aliphatic rings. The van der Waals surface area contributed by atoms with Crippen molar-refractivity contribution in [3.63, 3.8) is 0 Å². The van der Waals surface area contributed by atoms with Crippen molar-refractivity contribution < 1.29 is 9.53 Å². The molecule has 0 aliphatic carbocycles. The zero-order valence-electron chi connectivity index (χ0n) is 16.1. The molecular weight excluding hydrogens is 322 g/mol. The lowest BCUT2D eigenvalue weighted by molar-refractivity contribution is -0.121. The van der Waals surface area contributed by atoms with E-state index in [0.29, 0.717) is 25.7 Å². The number of carbonyl (C=O) groups excluding carboxylic acids is 1. The molecule has 0 aromatic carbocycles. The van der Waals surface area contributed by atoms with Crippen LogP contribution >= 0.6 is 0 Å². The monoisotopic (exact) mass is 353 g/mol. The van der Waals surface area contributed by atoms with Crippen LogP contribution in [0.4, 0.5) is 0 Å². The number of hydrogen-bond acceptors (Lipinski definition) is 5. The molecule has 0 radical (unpaired) electrons. The molecule has 0 saturated carbocycles. The number of carbonyl (C=O) groups is 1. The third kappa shape index (κ3) is 8.48. The van der Waals surface area contributed by atoms with Gasteiger partial charge in [0.15, 0.2) is 11.8 Å². The minimum atomic E-state index is -0.266. The zero-order chi connectivity index (χ0) is 18.9. The van der Waals surface area contributed by atoms with E-state index in [-0.39, 0.29) is 18.0 Å². The minimum Gasteiger partial charge on any atom is -0.385 e. The lowest BCUT2D eigenvalue weighted by Gasteiger charge is -2.21. The van der Waals surface area contributed by atoms with Gasteiger partial charge in [-0.1, -0.05) is 0 Å². The van der Waals surface area contributed by atoms with Gasteiger partial charge in [-0.25, -0.2) is 4.99 Å². The van der Waals surface area contributed by atoms with Crippen molar-refractivity contribution in [2.24, 2.45) is 12.0 Å². The summed E-state index contributed by atoms with van der Waals surface area (Å²) in [6.45, 7) is 9.59. The molecule has 0 bridgehead atoms. The van der Waals surface area contributed by atoms with E-state index in [0.717, 1.165) is 18.1 Å². The van der Waals surface area contributed by atoms with Crippen molar-refractivity contribution in [3.8, 4) is 0 Å². The number of amides is 1. The highest BCUT2D eigenvalue weighted by Crippen LogP contribution is 1.99. The summed E-state index contributed by atoms with van der Waals surface area (Å²) in [5.41, 5.74) is -0.266. The fraction of sp³-hybridized carbons (Fsp3) is 0.750. The Morgan fingerprint density at radius 2 is 2.00 bits per heavy atom. The van der Waals surface area contributed by atoms with E-state index in [2.05, 4.69) is 31.1 Å². The van der Waals surface area contributed by atoms with Crippen LogP contribution in [-0.4, -0.2) is 59.0 Å². The van der Waals surface area contributed by atoms with Crippen LogP contribution in [0.15, 0.2) is 4.99 Å². The topological polar surface area (TPSA) is 105 Å². The number of methoxy groups -OCH3 is 1. The number of aryl methyl sites for hydroxylation is 1. The highest BCUT2D eigenvalue weighted by molar-refractivity contribution is 5.86.